The number of methoxy groups -OCH3 is 2. The van der Waals surface area contributed by atoms with E-state index in [1.165, 1.54) is 62.8 Å². The van der Waals surface area contributed by atoms with Crippen molar-refractivity contribution in [2.75, 3.05) is 40.6 Å². The molecule has 3 saturated heterocycles. The quantitative estimate of drug-likeness (QED) is 0.0420. The summed E-state index contributed by atoms with van der Waals surface area (Å²) < 4.78 is 54.3. The van der Waals surface area contributed by atoms with Crippen molar-refractivity contribution in [3.8, 4) is 23.0 Å². The summed E-state index contributed by atoms with van der Waals surface area (Å²) in [5.41, 5.74) is 0.721. The third kappa shape index (κ3) is 11.6. The van der Waals surface area contributed by atoms with Gasteiger partial charge in [0.25, 0.3) is 0 Å². The summed E-state index contributed by atoms with van der Waals surface area (Å²) in [6.45, 7) is -2.19. The summed E-state index contributed by atoms with van der Waals surface area (Å²) in [5, 5.41) is 104. The molecule has 23 heteroatoms. The molecular formula is C40H50O23. The van der Waals surface area contributed by atoms with Crippen LogP contribution in [0, 0.1) is 0 Å². The zero-order valence-corrected chi connectivity index (χ0v) is 33.9. The van der Waals surface area contributed by atoms with Crippen LogP contribution in [0.3, 0.4) is 0 Å². The highest BCUT2D eigenvalue weighted by molar-refractivity contribution is 5.88. The first-order valence-corrected chi connectivity index (χ1v) is 19.2. The average molecular weight is 899 g/mol. The van der Waals surface area contributed by atoms with Crippen molar-refractivity contribution < 1.29 is 113 Å². The van der Waals surface area contributed by atoms with Crippen molar-refractivity contribution in [3.63, 3.8) is 0 Å². The molecule has 0 amide bonds. The van der Waals surface area contributed by atoms with Crippen molar-refractivity contribution in [2.24, 2.45) is 0 Å². The zero-order chi connectivity index (χ0) is 46.2. The van der Waals surface area contributed by atoms with E-state index in [1.807, 2.05) is 0 Å². The van der Waals surface area contributed by atoms with Gasteiger partial charge in [0.05, 0.1) is 20.8 Å². The number of ether oxygens (including phenoxy) is 10. The minimum Gasteiger partial charge on any atom is -0.504 e. The molecule has 0 unspecified atom stereocenters. The summed E-state index contributed by atoms with van der Waals surface area (Å²) in [6.07, 6.45) is -18.0. The number of aliphatic hydroxyl groups is 9. The molecular weight excluding hydrogens is 848 g/mol. The number of phenols is 1. The molecule has 0 aliphatic carbocycles. The molecule has 3 aliphatic rings. The first kappa shape index (κ1) is 49.0. The molecule has 3 fully saturated rings. The Balaban J connectivity index is 1.31. The fourth-order valence-corrected chi connectivity index (χ4v) is 6.63. The van der Waals surface area contributed by atoms with E-state index in [2.05, 4.69) is 0 Å². The van der Waals surface area contributed by atoms with E-state index in [1.54, 1.807) is 0 Å². The molecule has 0 saturated carbocycles. The van der Waals surface area contributed by atoms with Crippen LogP contribution in [0.15, 0.2) is 48.6 Å². The van der Waals surface area contributed by atoms with Gasteiger partial charge in [-0.05, 0) is 47.5 Å². The van der Waals surface area contributed by atoms with Crippen molar-refractivity contribution in [1.29, 1.82) is 0 Å². The molecule has 0 spiro atoms. The first-order valence-electron chi connectivity index (χ1n) is 19.2. The van der Waals surface area contributed by atoms with Crippen molar-refractivity contribution in [2.45, 2.75) is 92.4 Å². The Kier molecular flexibility index (Phi) is 16.8. The lowest BCUT2D eigenvalue weighted by atomic mass is 9.99. The highest BCUT2D eigenvalue weighted by Crippen LogP contribution is 2.39. The minimum absolute atomic E-state index is 0.0200. The molecule has 348 valence electrons. The van der Waals surface area contributed by atoms with Gasteiger partial charge in [-0.25, -0.2) is 9.59 Å². The van der Waals surface area contributed by atoms with Crippen LogP contribution in [0.1, 0.15) is 18.1 Å². The number of hydrogen-bond donors (Lipinski definition) is 10. The number of hydrogen-bond acceptors (Lipinski definition) is 23. The van der Waals surface area contributed by atoms with Crippen LogP contribution in [0.4, 0.5) is 0 Å². The van der Waals surface area contributed by atoms with Gasteiger partial charge in [-0.2, -0.15) is 0 Å². The maximum absolute atomic E-state index is 13.2. The maximum Gasteiger partial charge on any atom is 0.331 e. The summed E-state index contributed by atoms with van der Waals surface area (Å²) in [7, 11) is 2.61. The zero-order valence-electron chi connectivity index (χ0n) is 33.9. The van der Waals surface area contributed by atoms with Crippen LogP contribution in [0.25, 0.3) is 12.2 Å². The number of rotatable bonds is 17. The van der Waals surface area contributed by atoms with Crippen LogP contribution in [0.5, 0.6) is 23.0 Å². The SMILES string of the molecule is COc1cc(/C=C/C(=O)O[C@H]2[C@H](O)[C@@H](COC(=O)/C=C/c3ccc(O[C@@H]4O[C@H](CO)[C@@H](O)[C@H](O)[C@H]4O)c(OC)c3)O[C@@]2(CO)O[C@H]2O[C@H](COC(C)=O)[C@@H](O)[C@H](O)[C@H]2O)ccc1O. The number of esters is 3. The van der Waals surface area contributed by atoms with Crippen LogP contribution in [0.2, 0.25) is 0 Å². The molecule has 5 rings (SSSR count). The van der Waals surface area contributed by atoms with Gasteiger partial charge in [0.2, 0.25) is 12.1 Å². The summed E-state index contributed by atoms with van der Waals surface area (Å²) in [6, 6.07) is 8.40. The summed E-state index contributed by atoms with van der Waals surface area (Å²) in [4.78, 5) is 37.5. The Bertz CT molecular complexity index is 1940. The fourth-order valence-electron chi connectivity index (χ4n) is 6.63. The monoisotopic (exact) mass is 898 g/mol. The first-order chi connectivity index (χ1) is 29.9. The van der Waals surface area contributed by atoms with Crippen LogP contribution >= 0.6 is 0 Å². The number of carbonyl (C=O) groups excluding carboxylic acids is 3. The lowest BCUT2D eigenvalue weighted by molar-refractivity contribution is -0.383. The summed E-state index contributed by atoms with van der Waals surface area (Å²) >= 11 is 0. The molecule has 14 atom stereocenters. The molecule has 63 heavy (non-hydrogen) atoms. The molecule has 0 aromatic heterocycles. The van der Waals surface area contributed by atoms with Gasteiger partial charge in [0.15, 0.2) is 35.4 Å². The van der Waals surface area contributed by atoms with E-state index in [9.17, 15) is 65.4 Å². The standard InChI is InChI=1S/C40H50O23/c1-18(43)56-15-26-31(48)34(51)36(53)39(60-26)63-40(17-42)37(61-29(46)11-7-19-4-8-21(44)23(12-19)54-2)32(49)27(62-40)16-57-28(45)10-6-20-5-9-22(24(13-20)55-3)58-38-35(52)33(50)30(47)25(14-41)59-38/h4-13,25-27,30-39,41-42,44,47-53H,14-17H2,1-3H3/b10-6+,11-7+/t25-,26-,27-,30-,31-,32-,33+,34+,35-,36-,37+,38-,39-,40+/m1/s1. The van der Waals surface area contributed by atoms with Gasteiger partial charge >= 0.3 is 17.9 Å². The minimum atomic E-state index is -2.60. The molecule has 0 bridgehead atoms. The maximum atomic E-state index is 13.2. The number of aliphatic hydroxyl groups excluding tert-OH is 9. The molecule has 2 aromatic carbocycles. The number of carbonyl (C=O) groups is 3. The number of benzene rings is 2. The van der Waals surface area contributed by atoms with E-state index < -0.39 is 130 Å². The van der Waals surface area contributed by atoms with Gasteiger partial charge in [-0.1, -0.05) is 12.1 Å². The van der Waals surface area contributed by atoms with Gasteiger partial charge < -0.3 is 98.4 Å². The van der Waals surface area contributed by atoms with Crippen LogP contribution in [-0.4, -0.2) is 195 Å². The Morgan fingerprint density at radius 2 is 1.24 bits per heavy atom. The molecule has 0 radical (unpaired) electrons. The van der Waals surface area contributed by atoms with Crippen molar-refractivity contribution in [1.82, 2.24) is 0 Å². The van der Waals surface area contributed by atoms with E-state index >= 15 is 0 Å². The smallest absolute Gasteiger partial charge is 0.331 e. The van der Waals surface area contributed by atoms with Gasteiger partial charge in [-0.15, -0.1) is 0 Å². The molecule has 3 heterocycles. The van der Waals surface area contributed by atoms with Crippen LogP contribution < -0.4 is 14.2 Å². The van der Waals surface area contributed by atoms with Crippen molar-refractivity contribution in [3.05, 3.63) is 59.7 Å². The van der Waals surface area contributed by atoms with Crippen LogP contribution in [-0.2, 0) is 47.5 Å². The third-order valence-corrected chi connectivity index (χ3v) is 10.1. The molecule has 2 aromatic rings. The third-order valence-electron chi connectivity index (χ3n) is 10.1. The van der Waals surface area contributed by atoms with E-state index in [0.717, 1.165) is 19.1 Å². The molecule has 10 N–H and O–H groups in total. The van der Waals surface area contributed by atoms with Gasteiger partial charge in [0, 0.05) is 19.1 Å². The van der Waals surface area contributed by atoms with Gasteiger partial charge in [0.1, 0.15) is 80.9 Å². The topological polar surface area (TPSA) is 346 Å². The lowest BCUT2D eigenvalue weighted by Crippen LogP contribution is -2.63. The Hall–Kier alpha value is -4.99. The normalized spacial score (nSPS) is 33.2. The molecule has 23 nitrogen and oxygen atoms in total. The summed E-state index contributed by atoms with van der Waals surface area (Å²) in [5.74, 6) is -5.49. The second-order valence-electron chi connectivity index (χ2n) is 14.4. The fraction of sp³-hybridized carbons (Fsp3) is 0.525. The van der Waals surface area contributed by atoms with E-state index in [0.29, 0.717) is 11.1 Å². The Morgan fingerprint density at radius 1 is 0.667 bits per heavy atom. The average Bonchev–Trinajstić information content (AvgIpc) is 3.53. The number of phenolic OH excluding ortho intramolecular Hbond substituents is 1. The lowest BCUT2D eigenvalue weighted by Gasteiger charge is -2.43. The van der Waals surface area contributed by atoms with E-state index in [-0.39, 0.29) is 23.0 Å². The van der Waals surface area contributed by atoms with Crippen molar-refractivity contribution >= 4 is 30.1 Å². The van der Waals surface area contributed by atoms with Gasteiger partial charge in [-0.3, -0.25) is 4.79 Å². The Morgan fingerprint density at radius 3 is 1.86 bits per heavy atom. The predicted molar refractivity (Wildman–Crippen MR) is 206 cm³/mol. The number of aromatic hydroxyl groups is 1. The largest absolute Gasteiger partial charge is 0.504 e. The van der Waals surface area contributed by atoms with E-state index in [4.69, 9.17) is 47.4 Å². The Labute approximate surface area is 358 Å². The molecule has 3 aliphatic heterocycles. The second kappa shape index (κ2) is 21.6. The predicted octanol–water partition coefficient (Wildman–Crippen LogP) is -3.39. The second-order valence-corrected chi connectivity index (χ2v) is 14.4. The highest BCUT2D eigenvalue weighted by atomic mass is 16.8. The highest BCUT2D eigenvalue weighted by Gasteiger charge is 2.61.